The first kappa shape index (κ1) is 44.3. The highest BCUT2D eigenvalue weighted by atomic mass is 35.5. The highest BCUT2D eigenvalue weighted by molar-refractivity contribution is 6.31. The van der Waals surface area contributed by atoms with Crippen LogP contribution in [0.15, 0.2) is 91.1 Å². The third-order valence-electron chi connectivity index (χ3n) is 15.5. The molecule has 2 saturated carbocycles. The molecule has 5 N–H and O–H groups in total. The van der Waals surface area contributed by atoms with Gasteiger partial charge in [-0.05, 0) is 141 Å². The standard InChI is InChI=1S/C52H53Cl2FN6O5/c1-29-11-24-42(47(63)56-29)61-28-38-31(7-5-8-36(38)49(61)65)15-12-30-13-19-34(20-14-30)57-46(62)32-16-21-35(22-17-32)58-48(64)45-43(37-9-6-10-40(54)44(37)55)52(51(60-45)25-3-2-4-26-51)39-23-18-33(53)27-41(39)59-50(52)66/h5-10,16-18,21-23,27,30,34,42-43,45,60H,1-4,11-15,19-20,24-26,28H2,(H,56,63)(H,57,62)(H,58,64)(H,59,66)/t30?,34?,42?,43-,45+,52+/m0/s1. The molecular weight excluding hydrogens is 879 g/mol. The summed E-state index contributed by atoms with van der Waals surface area (Å²) < 4.78 is 16.3. The molecule has 10 rings (SSSR count). The summed E-state index contributed by atoms with van der Waals surface area (Å²) in [5.41, 5.74) is 3.67. The Hall–Kier alpha value is -5.56. The normalized spacial score (nSPS) is 26.5. The maximum atomic E-state index is 16.3. The van der Waals surface area contributed by atoms with Crippen molar-refractivity contribution in [3.05, 3.63) is 140 Å². The molecule has 342 valence electrons. The molecule has 6 aliphatic rings. The van der Waals surface area contributed by atoms with Crippen LogP contribution >= 0.6 is 23.2 Å². The number of nitrogens with one attached hydrogen (secondary N) is 5. The van der Waals surface area contributed by atoms with Crippen LogP contribution in [0.5, 0.6) is 0 Å². The van der Waals surface area contributed by atoms with Crippen molar-refractivity contribution in [3.8, 4) is 0 Å². The molecule has 14 heteroatoms. The number of carbonyl (C=O) groups is 5. The second-order valence-electron chi connectivity index (χ2n) is 19.2. The summed E-state index contributed by atoms with van der Waals surface area (Å²) in [5.74, 6) is -2.33. The second kappa shape index (κ2) is 17.6. The minimum atomic E-state index is -1.35. The summed E-state index contributed by atoms with van der Waals surface area (Å²) in [7, 11) is 0. The van der Waals surface area contributed by atoms with Gasteiger partial charge in [0.2, 0.25) is 17.7 Å². The van der Waals surface area contributed by atoms with Gasteiger partial charge in [0.05, 0.1) is 11.1 Å². The average molecular weight is 932 g/mol. The van der Waals surface area contributed by atoms with Crippen molar-refractivity contribution >= 4 is 64.1 Å². The minimum Gasteiger partial charge on any atom is -0.349 e. The van der Waals surface area contributed by atoms with E-state index >= 15 is 4.39 Å². The van der Waals surface area contributed by atoms with Gasteiger partial charge in [-0.2, -0.15) is 0 Å². The Morgan fingerprint density at radius 2 is 1.64 bits per heavy atom. The van der Waals surface area contributed by atoms with Gasteiger partial charge < -0.3 is 26.2 Å². The minimum absolute atomic E-state index is 0.0311. The van der Waals surface area contributed by atoms with Crippen molar-refractivity contribution in [2.24, 2.45) is 5.92 Å². The average Bonchev–Trinajstić information content (AvgIpc) is 3.91. The van der Waals surface area contributed by atoms with Crippen molar-refractivity contribution in [1.82, 2.24) is 20.9 Å². The summed E-state index contributed by atoms with van der Waals surface area (Å²) >= 11 is 12.8. The van der Waals surface area contributed by atoms with Crippen LogP contribution in [-0.4, -0.2) is 58.1 Å². The Kier molecular flexibility index (Phi) is 11.8. The van der Waals surface area contributed by atoms with Gasteiger partial charge in [0.25, 0.3) is 11.8 Å². The van der Waals surface area contributed by atoms with E-state index in [1.165, 1.54) is 6.07 Å². The van der Waals surface area contributed by atoms with Gasteiger partial charge in [-0.15, -0.1) is 0 Å². The number of anilines is 2. The van der Waals surface area contributed by atoms with Crippen LogP contribution in [0.1, 0.15) is 126 Å². The Morgan fingerprint density at radius 1 is 0.879 bits per heavy atom. The SMILES string of the molecule is C=C1CCC(N2Cc3c(CCC4CCC(NC(=O)c5ccc(NC(=O)[C@@H]6NC7(CCCCC7)[C@@]7(C(=O)Nc8cc(Cl)ccc87)[C@H]6c6cccc(Cl)c6F)cc5)CC4)cccc3C2=O)C(=O)N1. The number of benzene rings is 4. The molecule has 4 fully saturated rings. The fourth-order valence-corrected chi connectivity index (χ4v) is 12.7. The van der Waals surface area contributed by atoms with E-state index in [9.17, 15) is 24.0 Å². The second-order valence-corrected chi connectivity index (χ2v) is 20.0. The van der Waals surface area contributed by atoms with Crippen LogP contribution in [-0.2, 0) is 32.8 Å². The van der Waals surface area contributed by atoms with E-state index in [1.54, 1.807) is 53.4 Å². The topological polar surface area (TPSA) is 149 Å². The van der Waals surface area contributed by atoms with Crippen LogP contribution in [0.3, 0.4) is 0 Å². The fourth-order valence-electron chi connectivity index (χ4n) is 12.3. The van der Waals surface area contributed by atoms with Gasteiger partial charge in [-0.3, -0.25) is 29.3 Å². The van der Waals surface area contributed by atoms with Crippen LogP contribution in [0, 0.1) is 11.7 Å². The van der Waals surface area contributed by atoms with Crippen molar-refractivity contribution in [2.45, 2.75) is 125 Å². The predicted molar refractivity (Wildman–Crippen MR) is 252 cm³/mol. The molecule has 1 unspecified atom stereocenters. The molecule has 0 aromatic heterocycles. The number of fused-ring (bicyclic) bond motifs is 4. The van der Waals surface area contributed by atoms with Crippen molar-refractivity contribution in [2.75, 3.05) is 10.6 Å². The number of nitrogens with zero attached hydrogens (tertiary/aromatic N) is 1. The van der Waals surface area contributed by atoms with E-state index in [1.807, 2.05) is 18.2 Å². The lowest BCUT2D eigenvalue weighted by Crippen LogP contribution is -2.60. The molecule has 2 spiro atoms. The zero-order valence-electron chi connectivity index (χ0n) is 36.6. The van der Waals surface area contributed by atoms with Gasteiger partial charge in [-0.1, -0.05) is 79.4 Å². The monoisotopic (exact) mass is 930 g/mol. The molecule has 4 atom stereocenters. The van der Waals surface area contributed by atoms with Crippen LogP contribution in [0.25, 0.3) is 0 Å². The molecule has 2 aliphatic carbocycles. The first-order valence-electron chi connectivity index (χ1n) is 23.3. The number of rotatable bonds is 9. The van der Waals surface area contributed by atoms with Crippen LogP contribution < -0.4 is 26.6 Å². The number of aryl methyl sites for hydroxylation is 1. The number of carbonyl (C=O) groups excluding carboxylic acids is 5. The number of amides is 5. The Bertz CT molecular complexity index is 2660. The molecule has 4 aliphatic heterocycles. The van der Waals surface area contributed by atoms with E-state index in [4.69, 9.17) is 23.2 Å². The molecule has 11 nitrogen and oxygen atoms in total. The lowest BCUT2D eigenvalue weighted by molar-refractivity contribution is -0.126. The number of hydrogen-bond acceptors (Lipinski definition) is 6. The van der Waals surface area contributed by atoms with E-state index in [2.05, 4.69) is 39.2 Å². The molecule has 66 heavy (non-hydrogen) atoms. The maximum Gasteiger partial charge on any atom is 0.255 e. The zero-order chi connectivity index (χ0) is 45.9. The van der Waals surface area contributed by atoms with Crippen molar-refractivity contribution < 1.29 is 28.4 Å². The first-order chi connectivity index (χ1) is 31.9. The third kappa shape index (κ3) is 7.58. The van der Waals surface area contributed by atoms with Gasteiger partial charge in [0.1, 0.15) is 17.3 Å². The van der Waals surface area contributed by atoms with Crippen LogP contribution in [0.2, 0.25) is 10.0 Å². The summed E-state index contributed by atoms with van der Waals surface area (Å²) in [6.45, 7) is 4.31. The smallest absolute Gasteiger partial charge is 0.255 e. The highest BCUT2D eigenvalue weighted by Gasteiger charge is 2.72. The van der Waals surface area contributed by atoms with E-state index in [-0.39, 0.29) is 40.3 Å². The fraction of sp³-hybridized carbons (Fsp3) is 0.404. The summed E-state index contributed by atoms with van der Waals surface area (Å²) in [5, 5.41) is 16.1. The highest BCUT2D eigenvalue weighted by Crippen LogP contribution is 2.63. The summed E-state index contributed by atoms with van der Waals surface area (Å²) in [6, 6.07) is 21.2. The molecular formula is C52H53Cl2FN6O5. The van der Waals surface area contributed by atoms with Crippen molar-refractivity contribution in [1.29, 1.82) is 0 Å². The summed E-state index contributed by atoms with van der Waals surface area (Å²) in [6.07, 6.45) is 10.6. The largest absolute Gasteiger partial charge is 0.349 e. The van der Waals surface area contributed by atoms with E-state index < -0.39 is 40.7 Å². The summed E-state index contributed by atoms with van der Waals surface area (Å²) in [4.78, 5) is 70.6. The van der Waals surface area contributed by atoms with Gasteiger partial charge >= 0.3 is 0 Å². The number of halogens is 3. The van der Waals surface area contributed by atoms with Gasteiger partial charge in [-0.25, -0.2) is 4.39 Å². The molecule has 4 aromatic rings. The third-order valence-corrected chi connectivity index (χ3v) is 16.0. The van der Waals surface area contributed by atoms with Gasteiger partial charge in [0, 0.05) is 57.3 Å². The lowest BCUT2D eigenvalue weighted by atomic mass is 9.55. The maximum absolute atomic E-state index is 16.3. The molecule has 5 amide bonds. The lowest BCUT2D eigenvalue weighted by Gasteiger charge is -2.47. The van der Waals surface area contributed by atoms with Gasteiger partial charge in [0.15, 0.2) is 0 Å². The number of piperidine rings is 1. The first-order valence-corrected chi connectivity index (χ1v) is 24.1. The molecule has 0 radical (unpaired) electrons. The van der Waals surface area contributed by atoms with Crippen molar-refractivity contribution in [3.63, 3.8) is 0 Å². The Morgan fingerprint density at radius 3 is 2.39 bits per heavy atom. The predicted octanol–water partition coefficient (Wildman–Crippen LogP) is 9.09. The quantitative estimate of drug-likeness (QED) is 0.113. The van der Waals surface area contributed by atoms with E-state index in [0.29, 0.717) is 76.9 Å². The molecule has 4 heterocycles. The number of allylic oxidation sites excluding steroid dienone is 1. The Labute approximate surface area is 393 Å². The molecule has 0 bridgehead atoms. The Balaban J connectivity index is 0.784. The van der Waals surface area contributed by atoms with E-state index in [0.717, 1.165) is 68.9 Å². The number of hydrogen-bond donors (Lipinski definition) is 5. The molecule has 2 saturated heterocycles. The van der Waals surface area contributed by atoms with Crippen LogP contribution in [0.4, 0.5) is 15.8 Å². The zero-order valence-corrected chi connectivity index (χ0v) is 38.1. The molecule has 4 aromatic carbocycles.